The lowest BCUT2D eigenvalue weighted by atomic mass is 9.95. The van der Waals surface area contributed by atoms with Crippen molar-refractivity contribution in [1.82, 2.24) is 9.78 Å². The maximum atomic E-state index is 13.4. The zero-order valence-electron chi connectivity index (χ0n) is 16.5. The average molecular weight is 453 g/mol. The van der Waals surface area contributed by atoms with E-state index < -0.39 is 29.5 Å². The smallest absolute Gasteiger partial charge is 0.322 e. The molecule has 3 aromatic rings. The van der Waals surface area contributed by atoms with Crippen LogP contribution < -0.4 is 5.32 Å². The molecule has 1 aliphatic rings. The van der Waals surface area contributed by atoms with E-state index >= 15 is 0 Å². The molecule has 0 unspecified atom stereocenters. The monoisotopic (exact) mass is 453 g/mol. The van der Waals surface area contributed by atoms with Crippen molar-refractivity contribution in [3.63, 3.8) is 0 Å². The van der Waals surface area contributed by atoms with Crippen LogP contribution in [0.4, 0.5) is 32.0 Å². The van der Waals surface area contributed by atoms with Crippen LogP contribution in [-0.2, 0) is 25.2 Å². The van der Waals surface area contributed by atoms with Gasteiger partial charge in [-0.05, 0) is 68.1 Å². The third kappa shape index (κ3) is 4.35. The van der Waals surface area contributed by atoms with Gasteiger partial charge >= 0.3 is 12.4 Å². The SMILES string of the molecule is O=C(Nc1cccc(C(F)(F)F)c1)c1ccc(-n2nc(C(F)(F)F)c3c2CCCC3)cc1. The summed E-state index contributed by atoms with van der Waals surface area (Å²) in [5.41, 5.74) is -0.588. The van der Waals surface area contributed by atoms with Gasteiger partial charge in [-0.1, -0.05) is 6.07 Å². The highest BCUT2D eigenvalue weighted by molar-refractivity contribution is 6.04. The third-order valence-electron chi connectivity index (χ3n) is 5.27. The van der Waals surface area contributed by atoms with Gasteiger partial charge in [0.15, 0.2) is 5.69 Å². The molecule has 4 nitrogen and oxygen atoms in total. The Morgan fingerprint density at radius 1 is 0.906 bits per heavy atom. The van der Waals surface area contributed by atoms with E-state index in [9.17, 15) is 31.1 Å². The van der Waals surface area contributed by atoms with Gasteiger partial charge < -0.3 is 5.32 Å². The minimum absolute atomic E-state index is 0.0233. The number of nitrogens with one attached hydrogen (secondary N) is 1. The molecule has 0 saturated heterocycles. The van der Waals surface area contributed by atoms with Gasteiger partial charge in [-0.15, -0.1) is 0 Å². The molecule has 10 heteroatoms. The molecule has 0 fully saturated rings. The number of alkyl halides is 6. The molecule has 0 saturated carbocycles. The lowest BCUT2D eigenvalue weighted by Gasteiger charge is -2.15. The molecule has 4 rings (SSSR count). The summed E-state index contributed by atoms with van der Waals surface area (Å²) in [7, 11) is 0. The number of halogens is 6. The molecule has 168 valence electrons. The van der Waals surface area contributed by atoms with E-state index in [1.54, 1.807) is 0 Å². The number of rotatable bonds is 3. The molecule has 2 aromatic carbocycles. The van der Waals surface area contributed by atoms with Crippen LogP contribution in [0.5, 0.6) is 0 Å². The van der Waals surface area contributed by atoms with Crippen molar-refractivity contribution < 1.29 is 31.1 Å². The van der Waals surface area contributed by atoms with Gasteiger partial charge in [-0.25, -0.2) is 4.68 Å². The van der Waals surface area contributed by atoms with Gasteiger partial charge in [0.25, 0.3) is 5.91 Å². The fourth-order valence-corrected chi connectivity index (χ4v) is 3.77. The predicted octanol–water partition coefficient (Wildman–Crippen LogP) is 6.04. The molecule has 0 atom stereocenters. The normalized spacial score (nSPS) is 14.2. The van der Waals surface area contributed by atoms with Gasteiger partial charge in [0.1, 0.15) is 0 Å². The molecule has 32 heavy (non-hydrogen) atoms. The number of anilines is 1. The molecule has 0 bridgehead atoms. The molecule has 1 aliphatic carbocycles. The summed E-state index contributed by atoms with van der Waals surface area (Å²) in [6.07, 6.45) is -6.90. The number of nitrogens with zero attached hydrogens (tertiary/aromatic N) is 2. The summed E-state index contributed by atoms with van der Waals surface area (Å²) >= 11 is 0. The van der Waals surface area contributed by atoms with E-state index in [0.29, 0.717) is 30.6 Å². The van der Waals surface area contributed by atoms with E-state index in [1.807, 2.05) is 0 Å². The highest BCUT2D eigenvalue weighted by Gasteiger charge is 2.39. The number of carbonyl (C=O) groups excluding carboxylic acids is 1. The summed E-state index contributed by atoms with van der Waals surface area (Å²) in [5, 5.41) is 6.19. The van der Waals surface area contributed by atoms with Crippen molar-refractivity contribution in [2.45, 2.75) is 38.0 Å². The van der Waals surface area contributed by atoms with Crippen molar-refractivity contribution in [3.8, 4) is 5.69 Å². The first-order valence-electron chi connectivity index (χ1n) is 9.81. The lowest BCUT2D eigenvalue weighted by molar-refractivity contribution is -0.142. The second-order valence-corrected chi connectivity index (χ2v) is 7.47. The van der Waals surface area contributed by atoms with Crippen molar-refractivity contribution >= 4 is 11.6 Å². The summed E-state index contributed by atoms with van der Waals surface area (Å²) in [6, 6.07) is 9.93. The minimum Gasteiger partial charge on any atom is -0.322 e. The quantitative estimate of drug-likeness (QED) is 0.492. The summed E-state index contributed by atoms with van der Waals surface area (Å²) < 4.78 is 79.9. The fraction of sp³-hybridized carbons (Fsp3) is 0.273. The van der Waals surface area contributed by atoms with Crippen LogP contribution in [0.25, 0.3) is 5.69 Å². The average Bonchev–Trinajstić information content (AvgIpc) is 3.14. The number of fused-ring (bicyclic) bond motifs is 1. The van der Waals surface area contributed by atoms with Crippen LogP contribution in [0.15, 0.2) is 48.5 Å². The Balaban J connectivity index is 1.58. The Labute approximate surface area is 178 Å². The molecule has 1 N–H and O–H groups in total. The second kappa shape index (κ2) is 7.99. The van der Waals surface area contributed by atoms with Gasteiger partial charge in [0.2, 0.25) is 0 Å². The van der Waals surface area contributed by atoms with Crippen molar-refractivity contribution in [2.24, 2.45) is 0 Å². The Hall–Kier alpha value is -3.30. The summed E-state index contributed by atoms with van der Waals surface area (Å²) in [5.74, 6) is -0.644. The van der Waals surface area contributed by atoms with Gasteiger partial charge in [0, 0.05) is 22.5 Å². The largest absolute Gasteiger partial charge is 0.435 e. The molecule has 0 radical (unpaired) electrons. The van der Waals surface area contributed by atoms with Crippen LogP contribution in [0.2, 0.25) is 0 Å². The van der Waals surface area contributed by atoms with E-state index in [-0.39, 0.29) is 16.8 Å². The Morgan fingerprint density at radius 2 is 1.59 bits per heavy atom. The Morgan fingerprint density at radius 3 is 2.25 bits per heavy atom. The van der Waals surface area contributed by atoms with Gasteiger partial charge in [0.05, 0.1) is 11.3 Å². The van der Waals surface area contributed by atoms with Crippen molar-refractivity contribution in [1.29, 1.82) is 0 Å². The van der Waals surface area contributed by atoms with E-state index in [4.69, 9.17) is 0 Å². The number of amides is 1. The first kappa shape index (κ1) is 21.9. The van der Waals surface area contributed by atoms with Gasteiger partial charge in [-0.2, -0.15) is 31.4 Å². The fourth-order valence-electron chi connectivity index (χ4n) is 3.77. The zero-order valence-corrected chi connectivity index (χ0v) is 16.5. The highest BCUT2D eigenvalue weighted by Crippen LogP contribution is 2.37. The van der Waals surface area contributed by atoms with Crippen molar-refractivity contribution in [2.75, 3.05) is 5.32 Å². The van der Waals surface area contributed by atoms with Crippen LogP contribution >= 0.6 is 0 Å². The van der Waals surface area contributed by atoms with E-state index in [0.717, 1.165) is 18.6 Å². The molecule has 1 heterocycles. The number of hydrogen-bond acceptors (Lipinski definition) is 2. The Bertz CT molecular complexity index is 1150. The minimum atomic E-state index is -4.56. The maximum absolute atomic E-state index is 13.4. The van der Waals surface area contributed by atoms with Crippen LogP contribution in [-0.4, -0.2) is 15.7 Å². The highest BCUT2D eigenvalue weighted by atomic mass is 19.4. The molecular weight excluding hydrogens is 436 g/mol. The molecule has 0 aliphatic heterocycles. The lowest BCUT2D eigenvalue weighted by Crippen LogP contribution is -2.13. The van der Waals surface area contributed by atoms with Crippen molar-refractivity contribution in [3.05, 3.63) is 76.6 Å². The Kier molecular flexibility index (Phi) is 5.47. The van der Waals surface area contributed by atoms with Crippen LogP contribution in [0.3, 0.4) is 0 Å². The van der Waals surface area contributed by atoms with Crippen LogP contribution in [0.1, 0.15) is 45.7 Å². The molecule has 0 spiro atoms. The molecule has 1 amide bonds. The van der Waals surface area contributed by atoms with E-state index in [1.165, 1.54) is 41.1 Å². The van der Waals surface area contributed by atoms with Crippen LogP contribution in [0, 0.1) is 0 Å². The number of benzene rings is 2. The molecule has 1 aromatic heterocycles. The zero-order chi connectivity index (χ0) is 23.1. The summed E-state index contributed by atoms with van der Waals surface area (Å²) in [4.78, 5) is 12.4. The maximum Gasteiger partial charge on any atom is 0.435 e. The third-order valence-corrected chi connectivity index (χ3v) is 5.27. The number of aromatic nitrogens is 2. The van der Waals surface area contributed by atoms with Gasteiger partial charge in [-0.3, -0.25) is 4.79 Å². The number of hydrogen-bond donors (Lipinski definition) is 1. The first-order valence-corrected chi connectivity index (χ1v) is 9.81. The standard InChI is InChI=1S/C22H17F6N3O/c23-21(24,25)14-4-3-5-15(12-14)29-20(32)13-8-10-16(11-9-13)31-18-7-2-1-6-17(18)19(30-31)22(26,27)28/h3-5,8-12H,1-2,6-7H2,(H,29,32). The first-order chi connectivity index (χ1) is 15.0. The van der Waals surface area contributed by atoms with E-state index in [2.05, 4.69) is 10.4 Å². The number of carbonyl (C=O) groups is 1. The molecular formula is C22H17F6N3O. The summed E-state index contributed by atoms with van der Waals surface area (Å²) in [6.45, 7) is 0. The topological polar surface area (TPSA) is 46.9 Å². The predicted molar refractivity (Wildman–Crippen MR) is 105 cm³/mol. The second-order valence-electron chi connectivity index (χ2n) is 7.47.